The molecule has 0 aliphatic carbocycles. The van der Waals surface area contributed by atoms with Gasteiger partial charge < -0.3 is 15.3 Å². The lowest BCUT2D eigenvalue weighted by atomic mass is 10.1. The van der Waals surface area contributed by atoms with E-state index >= 15 is 0 Å². The highest BCUT2D eigenvalue weighted by Gasteiger charge is 2.29. The van der Waals surface area contributed by atoms with E-state index < -0.39 is 6.04 Å². The third-order valence-electron chi connectivity index (χ3n) is 3.54. The molecule has 2 atom stereocenters. The lowest BCUT2D eigenvalue weighted by molar-refractivity contribution is -0.121. The highest BCUT2D eigenvalue weighted by Crippen LogP contribution is 2.21. The van der Waals surface area contributed by atoms with Crippen LogP contribution in [0.4, 0.5) is 5.69 Å². The predicted molar refractivity (Wildman–Crippen MR) is 76.4 cm³/mol. The van der Waals surface area contributed by atoms with Crippen molar-refractivity contribution in [3.8, 4) is 0 Å². The molecule has 0 bridgehead atoms. The first-order valence-electron chi connectivity index (χ1n) is 6.78. The Bertz CT molecular complexity index is 453. The largest absolute Gasteiger partial charge is 0.394 e. The fourth-order valence-corrected chi connectivity index (χ4v) is 2.61. The molecule has 1 heterocycles. The SMILES string of the molecule is Cc1cc(C)cc(N2CCC(C)NC(CO)C2=O)c1. The van der Waals surface area contributed by atoms with Gasteiger partial charge in [0.2, 0.25) is 5.91 Å². The quantitative estimate of drug-likeness (QED) is 0.846. The standard InChI is InChI=1S/C15H22N2O2/c1-10-6-11(2)8-13(7-10)17-5-4-12(3)16-14(9-18)15(17)19/h6-8,12,14,16,18H,4-5,9H2,1-3H3. The fourth-order valence-electron chi connectivity index (χ4n) is 2.61. The van der Waals surface area contributed by atoms with Gasteiger partial charge in [-0.05, 0) is 50.5 Å². The van der Waals surface area contributed by atoms with Crippen molar-refractivity contribution in [2.45, 2.75) is 39.3 Å². The van der Waals surface area contributed by atoms with E-state index in [1.807, 2.05) is 32.9 Å². The number of amides is 1. The average Bonchev–Trinajstić information content (AvgIpc) is 2.48. The van der Waals surface area contributed by atoms with Crippen molar-refractivity contribution in [2.75, 3.05) is 18.1 Å². The van der Waals surface area contributed by atoms with Gasteiger partial charge >= 0.3 is 0 Å². The van der Waals surface area contributed by atoms with E-state index in [2.05, 4.69) is 11.4 Å². The van der Waals surface area contributed by atoms with Crippen LogP contribution in [0.3, 0.4) is 0 Å². The van der Waals surface area contributed by atoms with Crippen LogP contribution in [0.15, 0.2) is 18.2 Å². The summed E-state index contributed by atoms with van der Waals surface area (Å²) in [6, 6.07) is 5.87. The second-order valence-corrected chi connectivity index (χ2v) is 5.43. The normalized spacial score (nSPS) is 24.4. The molecular weight excluding hydrogens is 240 g/mol. The summed E-state index contributed by atoms with van der Waals surface area (Å²) in [6.45, 7) is 6.63. The van der Waals surface area contributed by atoms with Crippen LogP contribution in [0.25, 0.3) is 0 Å². The maximum atomic E-state index is 12.4. The summed E-state index contributed by atoms with van der Waals surface area (Å²) in [4.78, 5) is 14.2. The highest BCUT2D eigenvalue weighted by atomic mass is 16.3. The van der Waals surface area contributed by atoms with Gasteiger partial charge in [0.25, 0.3) is 0 Å². The topological polar surface area (TPSA) is 52.6 Å². The summed E-state index contributed by atoms with van der Waals surface area (Å²) in [5.41, 5.74) is 3.22. The van der Waals surface area contributed by atoms with Crippen LogP contribution in [-0.2, 0) is 4.79 Å². The van der Waals surface area contributed by atoms with Gasteiger partial charge in [-0.3, -0.25) is 4.79 Å². The van der Waals surface area contributed by atoms with Crippen LogP contribution in [0, 0.1) is 13.8 Å². The van der Waals surface area contributed by atoms with Gasteiger partial charge in [0.15, 0.2) is 0 Å². The van der Waals surface area contributed by atoms with Crippen LogP contribution >= 0.6 is 0 Å². The van der Waals surface area contributed by atoms with E-state index in [0.29, 0.717) is 6.54 Å². The maximum Gasteiger partial charge on any atom is 0.246 e. The van der Waals surface area contributed by atoms with E-state index in [0.717, 1.165) is 23.2 Å². The fraction of sp³-hybridized carbons (Fsp3) is 0.533. The third-order valence-corrected chi connectivity index (χ3v) is 3.54. The Morgan fingerprint density at radius 2 is 1.95 bits per heavy atom. The van der Waals surface area contributed by atoms with Crippen LogP contribution < -0.4 is 10.2 Å². The van der Waals surface area contributed by atoms with Gasteiger partial charge in [-0.25, -0.2) is 0 Å². The number of aliphatic hydroxyl groups excluding tert-OH is 1. The lowest BCUT2D eigenvalue weighted by Gasteiger charge is -2.24. The lowest BCUT2D eigenvalue weighted by Crippen LogP contribution is -2.47. The Morgan fingerprint density at radius 3 is 2.53 bits per heavy atom. The van der Waals surface area contributed by atoms with E-state index in [9.17, 15) is 9.90 Å². The van der Waals surface area contributed by atoms with Gasteiger partial charge in [0.05, 0.1) is 6.61 Å². The Morgan fingerprint density at radius 1 is 1.32 bits per heavy atom. The first-order valence-corrected chi connectivity index (χ1v) is 6.78. The number of benzene rings is 1. The Hall–Kier alpha value is -1.39. The van der Waals surface area contributed by atoms with E-state index in [4.69, 9.17) is 0 Å². The third kappa shape index (κ3) is 3.14. The zero-order valence-electron chi connectivity index (χ0n) is 11.8. The molecule has 1 aromatic rings. The molecule has 1 fully saturated rings. The molecule has 19 heavy (non-hydrogen) atoms. The Kier molecular flexibility index (Phi) is 4.22. The number of aliphatic hydroxyl groups is 1. The molecule has 0 saturated carbocycles. The smallest absolute Gasteiger partial charge is 0.246 e. The Labute approximate surface area is 114 Å². The summed E-state index contributed by atoms with van der Waals surface area (Å²) in [5.74, 6) is -0.0446. The number of nitrogens with zero attached hydrogens (tertiary/aromatic N) is 1. The van der Waals surface area contributed by atoms with Crippen molar-refractivity contribution >= 4 is 11.6 Å². The number of anilines is 1. The number of nitrogens with one attached hydrogen (secondary N) is 1. The van der Waals surface area contributed by atoms with Gasteiger partial charge in [-0.1, -0.05) is 6.07 Å². The van der Waals surface area contributed by atoms with Crippen LogP contribution in [0.5, 0.6) is 0 Å². The molecule has 2 unspecified atom stereocenters. The zero-order chi connectivity index (χ0) is 14.0. The molecule has 1 saturated heterocycles. The average molecular weight is 262 g/mol. The number of hydrogen-bond donors (Lipinski definition) is 2. The molecule has 104 valence electrons. The molecule has 2 rings (SSSR count). The molecule has 1 aliphatic rings. The molecule has 1 aliphatic heterocycles. The number of carbonyl (C=O) groups excluding carboxylic acids is 1. The van der Waals surface area contributed by atoms with Crippen molar-refractivity contribution < 1.29 is 9.90 Å². The molecule has 2 N–H and O–H groups in total. The van der Waals surface area contributed by atoms with Crippen molar-refractivity contribution in [3.63, 3.8) is 0 Å². The van der Waals surface area contributed by atoms with Gasteiger partial charge in [0, 0.05) is 18.3 Å². The molecule has 0 radical (unpaired) electrons. The van der Waals surface area contributed by atoms with E-state index in [1.165, 1.54) is 0 Å². The first-order chi connectivity index (χ1) is 9.01. The molecular formula is C15H22N2O2. The number of carbonyl (C=O) groups is 1. The number of aryl methyl sites for hydroxylation is 2. The van der Waals surface area contributed by atoms with E-state index in [1.54, 1.807) is 4.90 Å². The molecule has 1 amide bonds. The maximum absolute atomic E-state index is 12.4. The highest BCUT2D eigenvalue weighted by molar-refractivity contribution is 5.97. The second kappa shape index (κ2) is 5.72. The Balaban J connectivity index is 2.33. The minimum absolute atomic E-state index is 0.0446. The van der Waals surface area contributed by atoms with Crippen LogP contribution in [-0.4, -0.2) is 36.2 Å². The van der Waals surface area contributed by atoms with Crippen LogP contribution in [0.1, 0.15) is 24.5 Å². The van der Waals surface area contributed by atoms with Crippen LogP contribution in [0.2, 0.25) is 0 Å². The summed E-state index contributed by atoms with van der Waals surface area (Å²) < 4.78 is 0. The zero-order valence-corrected chi connectivity index (χ0v) is 11.8. The first kappa shape index (κ1) is 14.0. The minimum atomic E-state index is -0.502. The number of hydrogen-bond acceptors (Lipinski definition) is 3. The van der Waals surface area contributed by atoms with E-state index in [-0.39, 0.29) is 18.6 Å². The van der Waals surface area contributed by atoms with Gasteiger partial charge in [-0.15, -0.1) is 0 Å². The summed E-state index contributed by atoms with van der Waals surface area (Å²) in [5, 5.41) is 12.5. The summed E-state index contributed by atoms with van der Waals surface area (Å²) in [7, 11) is 0. The van der Waals surface area contributed by atoms with Gasteiger partial charge in [0.1, 0.15) is 6.04 Å². The second-order valence-electron chi connectivity index (χ2n) is 5.43. The number of rotatable bonds is 2. The summed E-state index contributed by atoms with van der Waals surface area (Å²) >= 11 is 0. The van der Waals surface area contributed by atoms with Crippen molar-refractivity contribution in [2.24, 2.45) is 0 Å². The summed E-state index contributed by atoms with van der Waals surface area (Å²) in [6.07, 6.45) is 0.884. The molecule has 1 aromatic carbocycles. The van der Waals surface area contributed by atoms with Crippen molar-refractivity contribution in [1.82, 2.24) is 5.32 Å². The van der Waals surface area contributed by atoms with Crippen molar-refractivity contribution in [1.29, 1.82) is 0 Å². The predicted octanol–water partition coefficient (Wildman–Crippen LogP) is 1.38. The molecule has 0 aromatic heterocycles. The van der Waals surface area contributed by atoms with Gasteiger partial charge in [-0.2, -0.15) is 0 Å². The molecule has 4 nitrogen and oxygen atoms in total. The minimum Gasteiger partial charge on any atom is -0.394 e. The molecule has 4 heteroatoms. The monoisotopic (exact) mass is 262 g/mol. The van der Waals surface area contributed by atoms with Crippen molar-refractivity contribution in [3.05, 3.63) is 29.3 Å². The molecule has 0 spiro atoms.